The van der Waals surface area contributed by atoms with E-state index in [-0.39, 0.29) is 6.09 Å². The summed E-state index contributed by atoms with van der Waals surface area (Å²) >= 11 is 0. The van der Waals surface area contributed by atoms with Crippen LogP contribution in [0, 0.1) is 0 Å². The first-order chi connectivity index (χ1) is 5.84. The Labute approximate surface area is 70.6 Å². The Kier molecular flexibility index (Phi) is 1.50. The number of fused-ring (bicyclic) bond motifs is 1. The molecule has 0 radical (unpaired) electrons. The molecule has 0 unspecified atom stereocenters. The molecule has 1 aromatic rings. The Bertz CT molecular complexity index is 299. The first kappa shape index (κ1) is 7.16. The molecule has 0 aromatic heterocycles. The molecule has 0 bridgehead atoms. The molecule has 2 rings (SSSR count). The number of anilines is 2. The van der Waals surface area contributed by atoms with Crippen molar-refractivity contribution in [3.05, 3.63) is 24.3 Å². The first-order valence-corrected chi connectivity index (χ1v) is 3.90. The number of para-hydroxylation sites is 2. The van der Waals surface area contributed by atoms with Crippen LogP contribution in [-0.2, 0) is 4.74 Å². The third-order valence-corrected chi connectivity index (χ3v) is 1.76. The summed E-state index contributed by atoms with van der Waals surface area (Å²) in [5.41, 5.74) is 1.91. The lowest BCUT2D eigenvalue weighted by Gasteiger charge is -2.00. The van der Waals surface area contributed by atoms with Crippen molar-refractivity contribution < 1.29 is 9.53 Å². The van der Waals surface area contributed by atoms with Crippen molar-refractivity contribution in [3.8, 4) is 0 Å². The molecule has 0 saturated carbocycles. The van der Waals surface area contributed by atoms with E-state index in [1.165, 1.54) is 0 Å². The summed E-state index contributed by atoms with van der Waals surface area (Å²) in [4.78, 5) is 12.7. The quantitative estimate of drug-likeness (QED) is 0.594. The molecule has 12 heavy (non-hydrogen) atoms. The second-order valence-corrected chi connectivity index (χ2v) is 2.52. The van der Waals surface area contributed by atoms with Gasteiger partial charge in [-0.1, -0.05) is 12.1 Å². The molecule has 0 N–H and O–H groups in total. The maximum atomic E-state index is 11.2. The molecule has 0 aliphatic carbocycles. The van der Waals surface area contributed by atoms with Crippen LogP contribution in [0.15, 0.2) is 24.3 Å². The average molecular weight is 163 g/mol. The van der Waals surface area contributed by atoms with E-state index in [0.717, 1.165) is 11.4 Å². The van der Waals surface area contributed by atoms with Crippen LogP contribution in [0.2, 0.25) is 0 Å². The number of rotatable bonds is 1. The molecule has 1 amide bonds. The van der Waals surface area contributed by atoms with Crippen molar-refractivity contribution in [3.63, 3.8) is 0 Å². The number of nitrogens with zero attached hydrogens (tertiary/aromatic N) is 1. The molecule has 0 saturated heterocycles. The van der Waals surface area contributed by atoms with Gasteiger partial charge in [-0.2, -0.15) is 0 Å². The third-order valence-electron chi connectivity index (χ3n) is 1.76. The van der Waals surface area contributed by atoms with Gasteiger partial charge in [0, 0.05) is 0 Å². The Hall–Kier alpha value is -1.51. The van der Waals surface area contributed by atoms with E-state index in [1.54, 1.807) is 11.8 Å². The van der Waals surface area contributed by atoms with Crippen molar-refractivity contribution in [2.75, 3.05) is 11.5 Å². The van der Waals surface area contributed by atoms with Gasteiger partial charge in [0.15, 0.2) is 0 Å². The van der Waals surface area contributed by atoms with E-state index < -0.39 is 0 Å². The van der Waals surface area contributed by atoms with Gasteiger partial charge in [0.2, 0.25) is 0 Å². The van der Waals surface area contributed by atoms with Gasteiger partial charge < -0.3 is 4.74 Å². The first-order valence-electron chi connectivity index (χ1n) is 3.90. The minimum absolute atomic E-state index is 0.279. The normalized spacial score (nSPS) is 12.2. The molecule has 1 aliphatic heterocycles. The van der Waals surface area contributed by atoms with Gasteiger partial charge in [0.1, 0.15) is 0 Å². The smallest absolute Gasteiger partial charge is 0.419 e. The highest BCUT2D eigenvalue weighted by Crippen LogP contribution is 2.47. The zero-order valence-electron chi connectivity index (χ0n) is 6.78. The van der Waals surface area contributed by atoms with Crippen LogP contribution in [0.4, 0.5) is 16.2 Å². The largest absolute Gasteiger partial charge is 0.449 e. The minimum atomic E-state index is -0.279. The Balaban J connectivity index is 2.10. The number of carbonyl (C=O) groups is 1. The standard InChI is InChI=1S/C9H9NO2/c1-2-12-9(11)10-7-5-3-4-6-8(7)10/h3-6H,2H2,1H3. The molecule has 1 aliphatic rings. The SMILES string of the molecule is CCOC(=O)N1c2ccccc21. The molecule has 3 heteroatoms. The number of amides is 1. The molecular formula is C9H9NO2. The Morgan fingerprint density at radius 3 is 2.50 bits per heavy atom. The predicted octanol–water partition coefficient (Wildman–Crippen LogP) is 2.29. The lowest BCUT2D eigenvalue weighted by Crippen LogP contribution is -2.14. The summed E-state index contributed by atoms with van der Waals surface area (Å²) in [6, 6.07) is 7.59. The van der Waals surface area contributed by atoms with E-state index in [4.69, 9.17) is 4.74 Å². The Morgan fingerprint density at radius 2 is 2.00 bits per heavy atom. The van der Waals surface area contributed by atoms with Crippen LogP contribution in [0.5, 0.6) is 0 Å². The monoisotopic (exact) mass is 163 g/mol. The second kappa shape index (κ2) is 2.52. The summed E-state index contributed by atoms with van der Waals surface area (Å²) < 4.78 is 4.84. The molecule has 62 valence electrons. The molecule has 0 atom stereocenters. The maximum absolute atomic E-state index is 11.2. The lowest BCUT2D eigenvalue weighted by molar-refractivity contribution is 0.164. The summed E-state index contributed by atoms with van der Waals surface area (Å²) in [6.07, 6.45) is -0.279. The number of benzene rings is 1. The molecule has 0 fully saturated rings. The third kappa shape index (κ3) is 0.942. The van der Waals surface area contributed by atoms with Crippen molar-refractivity contribution in [2.45, 2.75) is 6.92 Å². The lowest BCUT2D eigenvalue weighted by atomic mass is 10.4. The topological polar surface area (TPSA) is 29.3 Å². The van der Waals surface area contributed by atoms with Crippen molar-refractivity contribution in [2.24, 2.45) is 0 Å². The zero-order valence-corrected chi connectivity index (χ0v) is 6.78. The molecule has 0 spiro atoms. The average Bonchev–Trinajstić information content (AvgIpc) is 2.78. The van der Waals surface area contributed by atoms with Gasteiger partial charge in [0.25, 0.3) is 0 Å². The summed E-state index contributed by atoms with van der Waals surface area (Å²) in [5.74, 6) is 0. The van der Waals surface area contributed by atoms with Crippen molar-refractivity contribution >= 4 is 17.5 Å². The van der Waals surface area contributed by atoms with E-state index in [0.29, 0.717) is 6.61 Å². The van der Waals surface area contributed by atoms with Crippen LogP contribution in [0.1, 0.15) is 6.92 Å². The van der Waals surface area contributed by atoms with E-state index in [9.17, 15) is 4.79 Å². The molecule has 3 nitrogen and oxygen atoms in total. The van der Waals surface area contributed by atoms with Crippen molar-refractivity contribution in [1.82, 2.24) is 0 Å². The second-order valence-electron chi connectivity index (χ2n) is 2.52. The highest BCUT2D eigenvalue weighted by molar-refractivity contribution is 6.12. The van der Waals surface area contributed by atoms with Crippen LogP contribution in [0.25, 0.3) is 0 Å². The van der Waals surface area contributed by atoms with Crippen LogP contribution < -0.4 is 4.90 Å². The maximum Gasteiger partial charge on any atom is 0.419 e. The number of ether oxygens (including phenoxy) is 1. The zero-order chi connectivity index (χ0) is 8.55. The minimum Gasteiger partial charge on any atom is -0.449 e. The fraction of sp³-hybridized carbons (Fsp3) is 0.222. The Morgan fingerprint density at radius 1 is 1.42 bits per heavy atom. The van der Waals surface area contributed by atoms with E-state index in [2.05, 4.69) is 0 Å². The van der Waals surface area contributed by atoms with Crippen LogP contribution >= 0.6 is 0 Å². The van der Waals surface area contributed by atoms with Gasteiger partial charge >= 0.3 is 6.09 Å². The summed E-state index contributed by atoms with van der Waals surface area (Å²) in [5, 5.41) is 0. The summed E-state index contributed by atoms with van der Waals surface area (Å²) in [7, 11) is 0. The van der Waals surface area contributed by atoms with Crippen LogP contribution in [-0.4, -0.2) is 12.7 Å². The fourth-order valence-corrected chi connectivity index (χ4v) is 1.19. The fourth-order valence-electron chi connectivity index (χ4n) is 1.19. The van der Waals surface area contributed by atoms with Gasteiger partial charge in [-0.05, 0) is 19.1 Å². The highest BCUT2D eigenvalue weighted by Gasteiger charge is 2.35. The number of hydrogen-bond donors (Lipinski definition) is 0. The summed E-state index contributed by atoms with van der Waals surface area (Å²) in [6.45, 7) is 2.22. The molecule has 1 aromatic carbocycles. The van der Waals surface area contributed by atoms with Gasteiger partial charge in [-0.15, -0.1) is 0 Å². The predicted molar refractivity (Wildman–Crippen MR) is 45.6 cm³/mol. The van der Waals surface area contributed by atoms with Gasteiger partial charge in [-0.3, -0.25) is 0 Å². The highest BCUT2D eigenvalue weighted by atomic mass is 16.6. The molecule has 1 heterocycles. The number of carbonyl (C=O) groups excluding carboxylic acids is 1. The van der Waals surface area contributed by atoms with E-state index >= 15 is 0 Å². The van der Waals surface area contributed by atoms with E-state index in [1.807, 2.05) is 24.3 Å². The van der Waals surface area contributed by atoms with Crippen molar-refractivity contribution in [1.29, 1.82) is 0 Å². The van der Waals surface area contributed by atoms with Crippen LogP contribution in [0.3, 0.4) is 0 Å². The molecular weight excluding hydrogens is 154 g/mol. The van der Waals surface area contributed by atoms with Gasteiger partial charge in [-0.25, -0.2) is 9.69 Å². The number of hydrogen-bond acceptors (Lipinski definition) is 2. The van der Waals surface area contributed by atoms with Gasteiger partial charge in [0.05, 0.1) is 18.0 Å².